The second-order valence-electron chi connectivity index (χ2n) is 10.4. The summed E-state index contributed by atoms with van der Waals surface area (Å²) in [4.78, 5) is 30.6. The van der Waals surface area contributed by atoms with Crippen molar-refractivity contribution < 1.29 is 20.2 Å². The molecule has 1 aliphatic heterocycles. The third-order valence-electron chi connectivity index (χ3n) is 7.66. The van der Waals surface area contributed by atoms with E-state index in [0.29, 0.717) is 37.2 Å². The van der Waals surface area contributed by atoms with Gasteiger partial charge in [-0.15, -0.1) is 0 Å². The molecule has 8 heteroatoms. The number of β-amino-alcohol motifs (C(OH)–C–C–N with tert-alkyl or cyclic N) is 1. The Morgan fingerprint density at radius 3 is 2.05 bits per heavy atom. The number of nitrogens with one attached hydrogen (secondary N) is 1. The molecule has 1 fully saturated rings. The number of nitrogen functional groups attached to an aromatic ring is 1. The second kappa shape index (κ2) is 12.9. The van der Waals surface area contributed by atoms with Crippen LogP contribution in [-0.4, -0.2) is 77.6 Å². The van der Waals surface area contributed by atoms with Gasteiger partial charge >= 0.3 is 0 Å². The van der Waals surface area contributed by atoms with Crippen molar-refractivity contribution in [2.45, 2.75) is 43.4 Å². The van der Waals surface area contributed by atoms with E-state index in [4.69, 9.17) is 5.73 Å². The average Bonchev–Trinajstić information content (AvgIpc) is 2.93. The van der Waals surface area contributed by atoms with Gasteiger partial charge in [0, 0.05) is 38.9 Å². The van der Waals surface area contributed by atoms with Gasteiger partial charge in [0.1, 0.15) is 5.41 Å². The zero-order chi connectivity index (χ0) is 27.3. The van der Waals surface area contributed by atoms with E-state index in [1.165, 1.54) is 0 Å². The number of anilines is 1. The number of rotatable bonds is 8. The number of likely N-dealkylation sites (tertiary alicyclic amines) is 1. The van der Waals surface area contributed by atoms with Gasteiger partial charge in [0.25, 0.3) is 5.91 Å². The number of carbonyl (C=O) groups excluding carboxylic acids is 2. The molecule has 3 aromatic carbocycles. The van der Waals surface area contributed by atoms with Crippen LogP contribution in [0.5, 0.6) is 0 Å². The molecule has 1 heterocycles. The lowest BCUT2D eigenvalue weighted by molar-refractivity contribution is -0.134. The fraction of sp³-hybridized carbons (Fsp3) is 0.355. The molecule has 208 valence electrons. The standard InChI is InChI=1S/C31H38N4O3.H2O/c1-22(35-19-18-27(28(36)21-35)33-29(37)25-16-10-11-17-26(25)32)20-31(30(38)34(2)3,23-12-6-4-7-13-23)24-14-8-5-9-15-24;/h4-17,22,27-28,36H,18-21,32H2,1-3H3,(H,33,37);1H2/t22?,27-,28-;/m1./s1. The van der Waals surface area contributed by atoms with Crippen LogP contribution in [-0.2, 0) is 10.2 Å². The molecule has 0 spiro atoms. The molecule has 3 atom stereocenters. The number of amides is 2. The van der Waals surface area contributed by atoms with Crippen LogP contribution in [0.2, 0.25) is 0 Å². The third kappa shape index (κ3) is 6.30. The van der Waals surface area contributed by atoms with Crippen molar-refractivity contribution in [3.8, 4) is 0 Å². The van der Waals surface area contributed by atoms with Crippen molar-refractivity contribution in [2.75, 3.05) is 32.9 Å². The van der Waals surface area contributed by atoms with Crippen molar-refractivity contribution in [3.63, 3.8) is 0 Å². The van der Waals surface area contributed by atoms with Gasteiger partial charge in [0.05, 0.1) is 17.7 Å². The first kappa shape index (κ1) is 29.8. The van der Waals surface area contributed by atoms with Gasteiger partial charge in [0.15, 0.2) is 0 Å². The number of nitrogens with two attached hydrogens (primary N) is 1. The van der Waals surface area contributed by atoms with Crippen LogP contribution >= 0.6 is 0 Å². The van der Waals surface area contributed by atoms with Crippen LogP contribution in [0.3, 0.4) is 0 Å². The van der Waals surface area contributed by atoms with Crippen molar-refractivity contribution >= 4 is 17.5 Å². The van der Waals surface area contributed by atoms with Gasteiger partial charge < -0.3 is 26.5 Å². The third-order valence-corrected chi connectivity index (χ3v) is 7.66. The molecule has 4 rings (SSSR count). The lowest BCUT2D eigenvalue weighted by Gasteiger charge is -2.44. The molecule has 6 N–H and O–H groups in total. The Labute approximate surface area is 230 Å². The first-order valence-corrected chi connectivity index (χ1v) is 13.1. The van der Waals surface area contributed by atoms with E-state index >= 15 is 0 Å². The summed E-state index contributed by atoms with van der Waals surface area (Å²) in [6.45, 7) is 3.19. The highest BCUT2D eigenvalue weighted by molar-refractivity contribution is 5.99. The summed E-state index contributed by atoms with van der Waals surface area (Å²) >= 11 is 0. The Balaban J connectivity index is 0.00000420. The Bertz CT molecular complexity index is 1200. The van der Waals surface area contributed by atoms with Crippen LogP contribution in [0, 0.1) is 0 Å². The molecule has 0 aliphatic carbocycles. The van der Waals surface area contributed by atoms with Crippen molar-refractivity contribution in [1.82, 2.24) is 15.1 Å². The highest BCUT2D eigenvalue weighted by atomic mass is 16.3. The zero-order valence-corrected chi connectivity index (χ0v) is 22.9. The topological polar surface area (TPSA) is 130 Å². The summed E-state index contributed by atoms with van der Waals surface area (Å²) in [5.74, 6) is -0.262. The molecule has 1 aliphatic rings. The lowest BCUT2D eigenvalue weighted by Crippen LogP contribution is -2.57. The lowest BCUT2D eigenvalue weighted by atomic mass is 9.69. The minimum absolute atomic E-state index is 0. The maximum Gasteiger partial charge on any atom is 0.253 e. The average molecular weight is 533 g/mol. The summed E-state index contributed by atoms with van der Waals surface area (Å²) in [6.07, 6.45) is 0.393. The largest absolute Gasteiger partial charge is 0.412 e. The first-order chi connectivity index (χ1) is 18.2. The number of benzene rings is 3. The van der Waals surface area contributed by atoms with Gasteiger partial charge in [-0.1, -0.05) is 72.8 Å². The molecule has 1 saturated heterocycles. The summed E-state index contributed by atoms with van der Waals surface area (Å²) in [7, 11) is 3.59. The molecule has 3 aromatic rings. The summed E-state index contributed by atoms with van der Waals surface area (Å²) in [5, 5.41) is 14.0. The van der Waals surface area contributed by atoms with Crippen LogP contribution in [0.4, 0.5) is 5.69 Å². The molecule has 0 aromatic heterocycles. The van der Waals surface area contributed by atoms with Gasteiger partial charge in [-0.3, -0.25) is 14.5 Å². The number of hydrogen-bond donors (Lipinski definition) is 3. The maximum absolute atomic E-state index is 14.0. The van der Waals surface area contributed by atoms with Crippen molar-refractivity contribution in [2.24, 2.45) is 0 Å². The minimum atomic E-state index is -0.883. The number of piperidine rings is 1. The van der Waals surface area contributed by atoms with Crippen LogP contribution < -0.4 is 11.1 Å². The normalized spacial score (nSPS) is 18.5. The summed E-state index contributed by atoms with van der Waals surface area (Å²) in [6, 6.07) is 26.4. The molecule has 2 amide bonds. The molecule has 0 bridgehead atoms. The Morgan fingerprint density at radius 2 is 1.54 bits per heavy atom. The quantitative estimate of drug-likeness (QED) is 0.384. The monoisotopic (exact) mass is 532 g/mol. The Morgan fingerprint density at radius 1 is 1.00 bits per heavy atom. The highest BCUT2D eigenvalue weighted by Crippen LogP contribution is 2.39. The van der Waals surface area contributed by atoms with Crippen molar-refractivity contribution in [3.05, 3.63) is 102 Å². The van der Waals surface area contributed by atoms with E-state index in [2.05, 4.69) is 17.1 Å². The number of carbonyl (C=O) groups is 2. The first-order valence-electron chi connectivity index (χ1n) is 13.1. The van der Waals surface area contributed by atoms with Crippen LogP contribution in [0.25, 0.3) is 0 Å². The van der Waals surface area contributed by atoms with E-state index in [-0.39, 0.29) is 29.4 Å². The van der Waals surface area contributed by atoms with E-state index < -0.39 is 11.5 Å². The molecule has 8 nitrogen and oxygen atoms in total. The number of aliphatic hydroxyl groups is 1. The number of para-hydroxylation sites is 1. The molecule has 0 saturated carbocycles. The molecule has 0 radical (unpaired) electrons. The molecular weight excluding hydrogens is 492 g/mol. The van der Waals surface area contributed by atoms with E-state index in [1.807, 2.05) is 60.7 Å². The Hall–Kier alpha value is -3.72. The van der Waals surface area contributed by atoms with E-state index in [9.17, 15) is 14.7 Å². The summed E-state index contributed by atoms with van der Waals surface area (Å²) < 4.78 is 0. The van der Waals surface area contributed by atoms with Gasteiger partial charge in [-0.2, -0.15) is 0 Å². The molecular formula is C31H40N4O4. The zero-order valence-electron chi connectivity index (χ0n) is 22.9. The van der Waals surface area contributed by atoms with Gasteiger partial charge in [-0.25, -0.2) is 0 Å². The molecule has 1 unspecified atom stereocenters. The minimum Gasteiger partial charge on any atom is -0.412 e. The predicted molar refractivity (Wildman–Crippen MR) is 154 cm³/mol. The van der Waals surface area contributed by atoms with E-state index in [0.717, 1.165) is 11.1 Å². The highest BCUT2D eigenvalue weighted by Gasteiger charge is 2.45. The number of likely N-dealkylation sites (N-methyl/N-ethyl adjacent to an activating group) is 1. The smallest absolute Gasteiger partial charge is 0.253 e. The van der Waals surface area contributed by atoms with Crippen molar-refractivity contribution in [1.29, 1.82) is 0 Å². The van der Waals surface area contributed by atoms with E-state index in [1.54, 1.807) is 43.3 Å². The number of aliphatic hydroxyl groups excluding tert-OH is 1. The maximum atomic E-state index is 14.0. The molecule has 39 heavy (non-hydrogen) atoms. The van der Waals surface area contributed by atoms with Crippen LogP contribution in [0.1, 0.15) is 41.3 Å². The SMILES string of the molecule is CC(CC(C(=O)N(C)C)(c1ccccc1)c1ccccc1)N1CC[C@@H](NC(=O)c2ccccc2N)[C@H](O)C1.O. The summed E-state index contributed by atoms with van der Waals surface area (Å²) in [5.41, 5.74) is 7.79. The van der Waals surface area contributed by atoms with Gasteiger partial charge in [0.2, 0.25) is 5.91 Å². The number of nitrogens with zero attached hydrogens (tertiary/aromatic N) is 2. The fourth-order valence-corrected chi connectivity index (χ4v) is 5.61. The second-order valence-corrected chi connectivity index (χ2v) is 10.4. The van der Waals surface area contributed by atoms with Crippen LogP contribution in [0.15, 0.2) is 84.9 Å². The van der Waals surface area contributed by atoms with Gasteiger partial charge in [-0.05, 0) is 43.0 Å². The fourth-order valence-electron chi connectivity index (χ4n) is 5.61. The predicted octanol–water partition coefficient (Wildman–Crippen LogP) is 2.46. The Kier molecular flexibility index (Phi) is 9.86. The number of hydrogen-bond acceptors (Lipinski definition) is 5.